The summed E-state index contributed by atoms with van der Waals surface area (Å²) in [7, 11) is -3.84. The molecule has 0 atom stereocenters. The first-order valence-corrected chi connectivity index (χ1v) is 12.8. The van der Waals surface area contributed by atoms with Gasteiger partial charge in [-0.25, -0.2) is 8.42 Å². The zero-order valence-electron chi connectivity index (χ0n) is 18.2. The van der Waals surface area contributed by atoms with E-state index in [1.807, 2.05) is 18.2 Å². The summed E-state index contributed by atoms with van der Waals surface area (Å²) in [4.78, 5) is 15.8. The van der Waals surface area contributed by atoms with E-state index in [1.54, 1.807) is 12.1 Å². The van der Waals surface area contributed by atoms with Crippen LogP contribution in [-0.4, -0.2) is 37.1 Å². The van der Waals surface area contributed by atoms with Crippen LogP contribution >= 0.6 is 11.6 Å². The van der Waals surface area contributed by atoms with Crippen molar-refractivity contribution in [2.45, 2.75) is 62.3 Å². The van der Waals surface area contributed by atoms with Gasteiger partial charge in [0.05, 0.1) is 4.90 Å². The van der Waals surface area contributed by atoms with Crippen LogP contribution in [0.4, 0.5) is 0 Å². The third-order valence-electron chi connectivity index (χ3n) is 6.31. The smallest absolute Gasteiger partial charge is 0.242 e. The molecule has 2 aromatic carbocycles. The number of nitrogens with one attached hydrogen (secondary N) is 1. The molecule has 1 N–H and O–H groups in total. The molecule has 2 aromatic rings. The maximum Gasteiger partial charge on any atom is 0.242 e. The minimum absolute atomic E-state index is 0.149. The molecule has 0 spiro atoms. The molecule has 5 nitrogen and oxygen atoms in total. The Hall–Kier alpha value is -1.89. The summed E-state index contributed by atoms with van der Waals surface area (Å²) in [5.41, 5.74) is 2.16. The van der Waals surface area contributed by atoms with Crippen molar-refractivity contribution < 1.29 is 13.2 Å². The SMILES string of the molecule is CCN(CC)Cc1ccccc1CNC(=O)C1(S(=O)(=O)c2ccc(Cl)cc2)CCCC1. The second-order valence-electron chi connectivity index (χ2n) is 8.07. The predicted octanol–water partition coefficient (Wildman–Crippen LogP) is 4.58. The van der Waals surface area contributed by atoms with Crippen LogP contribution < -0.4 is 5.32 Å². The fraction of sp³-hybridized carbons (Fsp3) is 0.458. The molecule has 168 valence electrons. The van der Waals surface area contributed by atoms with Crippen molar-refractivity contribution >= 4 is 27.3 Å². The number of rotatable bonds is 9. The minimum atomic E-state index is -3.84. The van der Waals surface area contributed by atoms with Gasteiger partial charge in [-0.1, -0.05) is 62.6 Å². The summed E-state index contributed by atoms with van der Waals surface area (Å²) in [5, 5.41) is 3.42. The second kappa shape index (κ2) is 10.2. The molecule has 1 saturated carbocycles. The fourth-order valence-electron chi connectivity index (χ4n) is 4.31. The van der Waals surface area contributed by atoms with E-state index in [9.17, 15) is 13.2 Å². The van der Waals surface area contributed by atoms with Crippen molar-refractivity contribution in [3.63, 3.8) is 0 Å². The zero-order valence-corrected chi connectivity index (χ0v) is 19.8. The highest BCUT2D eigenvalue weighted by atomic mass is 35.5. The van der Waals surface area contributed by atoms with Crippen LogP contribution in [0.2, 0.25) is 5.02 Å². The Morgan fingerprint density at radius 1 is 1.00 bits per heavy atom. The van der Waals surface area contributed by atoms with Crippen molar-refractivity contribution in [2.24, 2.45) is 0 Å². The van der Waals surface area contributed by atoms with Gasteiger partial charge in [-0.15, -0.1) is 0 Å². The predicted molar refractivity (Wildman–Crippen MR) is 125 cm³/mol. The molecule has 1 aliphatic rings. The Balaban J connectivity index is 1.82. The number of nitrogens with zero attached hydrogens (tertiary/aromatic N) is 1. The van der Waals surface area contributed by atoms with E-state index in [-0.39, 0.29) is 4.90 Å². The molecule has 1 aliphatic carbocycles. The van der Waals surface area contributed by atoms with Gasteiger partial charge in [0.2, 0.25) is 5.91 Å². The highest BCUT2D eigenvalue weighted by molar-refractivity contribution is 7.93. The standard InChI is InChI=1S/C24H31ClN2O3S/c1-3-27(4-2)18-20-10-6-5-9-19(20)17-26-23(28)24(15-7-8-16-24)31(29,30)22-13-11-21(25)12-14-22/h5-6,9-14H,3-4,7-8,15-18H2,1-2H3,(H,26,28). The van der Waals surface area contributed by atoms with Gasteiger partial charge >= 0.3 is 0 Å². The van der Waals surface area contributed by atoms with Crippen LogP contribution in [0.5, 0.6) is 0 Å². The molecule has 0 unspecified atom stereocenters. The van der Waals surface area contributed by atoms with Crippen molar-refractivity contribution in [3.8, 4) is 0 Å². The lowest BCUT2D eigenvalue weighted by Gasteiger charge is -2.28. The Kier molecular flexibility index (Phi) is 7.78. The number of amides is 1. The largest absolute Gasteiger partial charge is 0.351 e. The summed E-state index contributed by atoms with van der Waals surface area (Å²) >= 11 is 5.93. The number of benzene rings is 2. The van der Waals surface area contributed by atoms with Crippen molar-refractivity contribution in [2.75, 3.05) is 13.1 Å². The van der Waals surface area contributed by atoms with E-state index < -0.39 is 20.5 Å². The summed E-state index contributed by atoms with van der Waals surface area (Å²) < 4.78 is 25.6. The molecule has 0 saturated heterocycles. The second-order valence-corrected chi connectivity index (χ2v) is 10.8. The topological polar surface area (TPSA) is 66.5 Å². The first kappa shape index (κ1) is 23.8. The normalized spacial score (nSPS) is 15.9. The first-order valence-electron chi connectivity index (χ1n) is 10.9. The van der Waals surface area contributed by atoms with Crippen LogP contribution in [0.25, 0.3) is 0 Å². The maximum absolute atomic E-state index is 13.5. The quantitative estimate of drug-likeness (QED) is 0.592. The molecule has 1 amide bonds. The molecule has 3 rings (SSSR count). The Bertz CT molecular complexity index is 996. The molecule has 7 heteroatoms. The third kappa shape index (κ3) is 4.97. The van der Waals surface area contributed by atoms with E-state index in [0.717, 1.165) is 43.6 Å². The van der Waals surface area contributed by atoms with Gasteiger partial charge in [0.15, 0.2) is 14.6 Å². The highest BCUT2D eigenvalue weighted by Crippen LogP contribution is 2.41. The minimum Gasteiger partial charge on any atom is -0.351 e. The van der Waals surface area contributed by atoms with E-state index in [0.29, 0.717) is 24.4 Å². The first-order chi connectivity index (χ1) is 14.8. The van der Waals surface area contributed by atoms with Crippen molar-refractivity contribution in [3.05, 3.63) is 64.7 Å². The molecule has 0 aromatic heterocycles. The molecular formula is C24H31ClN2O3S. The van der Waals surface area contributed by atoms with E-state index >= 15 is 0 Å². The van der Waals surface area contributed by atoms with E-state index in [2.05, 4.69) is 30.1 Å². The lowest BCUT2D eigenvalue weighted by atomic mass is 10.0. The Morgan fingerprint density at radius 3 is 2.16 bits per heavy atom. The zero-order chi connectivity index (χ0) is 22.5. The number of carbonyl (C=O) groups excluding carboxylic acids is 1. The number of hydrogen-bond donors (Lipinski definition) is 1. The number of sulfone groups is 1. The monoisotopic (exact) mass is 462 g/mol. The van der Waals surface area contributed by atoms with Crippen molar-refractivity contribution in [1.82, 2.24) is 10.2 Å². The third-order valence-corrected chi connectivity index (χ3v) is 9.08. The molecule has 0 heterocycles. The summed E-state index contributed by atoms with van der Waals surface area (Å²) in [6.45, 7) is 7.25. The van der Waals surface area contributed by atoms with Gasteiger partial charge in [0, 0.05) is 18.1 Å². The van der Waals surface area contributed by atoms with Crippen LogP contribution in [0.15, 0.2) is 53.4 Å². The Morgan fingerprint density at radius 2 is 1.58 bits per heavy atom. The van der Waals surface area contributed by atoms with Gasteiger partial charge in [-0.2, -0.15) is 0 Å². The van der Waals surface area contributed by atoms with Gasteiger partial charge in [0.1, 0.15) is 0 Å². The molecule has 0 radical (unpaired) electrons. The lowest BCUT2D eigenvalue weighted by Crippen LogP contribution is -2.50. The molecule has 0 aliphatic heterocycles. The van der Waals surface area contributed by atoms with Gasteiger partial charge in [-0.3, -0.25) is 9.69 Å². The van der Waals surface area contributed by atoms with E-state index in [4.69, 9.17) is 11.6 Å². The van der Waals surface area contributed by atoms with Crippen LogP contribution in [0.1, 0.15) is 50.7 Å². The highest BCUT2D eigenvalue weighted by Gasteiger charge is 2.52. The van der Waals surface area contributed by atoms with Crippen LogP contribution in [-0.2, 0) is 27.7 Å². The summed E-state index contributed by atoms with van der Waals surface area (Å²) in [6.07, 6.45) is 2.12. The van der Waals surface area contributed by atoms with Gasteiger partial charge in [0.25, 0.3) is 0 Å². The number of hydrogen-bond acceptors (Lipinski definition) is 4. The van der Waals surface area contributed by atoms with Gasteiger partial charge in [-0.05, 0) is 61.3 Å². The number of carbonyl (C=O) groups is 1. The van der Waals surface area contributed by atoms with Crippen LogP contribution in [0, 0.1) is 0 Å². The average molecular weight is 463 g/mol. The molecule has 1 fully saturated rings. The molecular weight excluding hydrogens is 432 g/mol. The summed E-state index contributed by atoms with van der Waals surface area (Å²) in [6, 6.07) is 14.1. The molecule has 0 bridgehead atoms. The average Bonchev–Trinajstić information content (AvgIpc) is 3.29. The van der Waals surface area contributed by atoms with Gasteiger partial charge < -0.3 is 5.32 Å². The van der Waals surface area contributed by atoms with Crippen molar-refractivity contribution in [1.29, 1.82) is 0 Å². The maximum atomic E-state index is 13.5. The van der Waals surface area contributed by atoms with E-state index in [1.165, 1.54) is 12.1 Å². The number of halogens is 1. The summed E-state index contributed by atoms with van der Waals surface area (Å²) in [5.74, 6) is -0.405. The van der Waals surface area contributed by atoms with Crippen LogP contribution in [0.3, 0.4) is 0 Å². The Labute approximate surface area is 190 Å². The lowest BCUT2D eigenvalue weighted by molar-refractivity contribution is -0.123. The fourth-order valence-corrected chi connectivity index (χ4v) is 6.53. The molecule has 31 heavy (non-hydrogen) atoms.